The Balaban J connectivity index is 1.68. The molecule has 4 heteroatoms. The highest BCUT2D eigenvalue weighted by Gasteiger charge is 2.16. The zero-order valence-electron chi connectivity index (χ0n) is 12.4. The van der Waals surface area contributed by atoms with Crippen molar-refractivity contribution in [1.29, 1.82) is 0 Å². The molecular formula is C17H24N2O2. The Morgan fingerprint density at radius 1 is 0.952 bits per heavy atom. The molecule has 2 amide bonds. The van der Waals surface area contributed by atoms with Crippen LogP contribution < -0.4 is 10.6 Å². The van der Waals surface area contributed by atoms with Crippen LogP contribution in [-0.2, 0) is 16.1 Å². The standard InChI is InChI=1S/C17H24N2O2/c20-16(18-13-14-8-4-3-5-9-14)12-17(21)19-15-10-6-1-2-7-11-15/h3-5,8-9,15H,1-2,6-7,10-13H2,(H,18,20)(H,19,21). The zero-order chi connectivity index (χ0) is 14.9. The van der Waals surface area contributed by atoms with Gasteiger partial charge in [0, 0.05) is 12.6 Å². The molecule has 0 saturated heterocycles. The first-order valence-electron chi connectivity index (χ1n) is 7.84. The Morgan fingerprint density at radius 3 is 2.29 bits per heavy atom. The van der Waals surface area contributed by atoms with Crippen molar-refractivity contribution in [3.63, 3.8) is 0 Å². The number of carbonyl (C=O) groups is 2. The van der Waals surface area contributed by atoms with Gasteiger partial charge in [-0.2, -0.15) is 0 Å². The van der Waals surface area contributed by atoms with Gasteiger partial charge in [-0.1, -0.05) is 56.0 Å². The second-order valence-corrected chi connectivity index (χ2v) is 5.70. The summed E-state index contributed by atoms with van der Waals surface area (Å²) in [6.45, 7) is 0.469. The van der Waals surface area contributed by atoms with Crippen LogP contribution in [0.25, 0.3) is 0 Å². The van der Waals surface area contributed by atoms with Crippen LogP contribution in [0.4, 0.5) is 0 Å². The minimum atomic E-state index is -0.218. The Labute approximate surface area is 126 Å². The summed E-state index contributed by atoms with van der Waals surface area (Å²) in [5, 5.41) is 5.77. The highest BCUT2D eigenvalue weighted by Crippen LogP contribution is 2.17. The molecule has 0 spiro atoms. The second-order valence-electron chi connectivity index (χ2n) is 5.70. The molecule has 114 valence electrons. The van der Waals surface area contributed by atoms with E-state index in [1.54, 1.807) is 0 Å². The number of hydrogen-bond donors (Lipinski definition) is 2. The minimum Gasteiger partial charge on any atom is -0.353 e. The molecule has 21 heavy (non-hydrogen) atoms. The Kier molecular flexibility index (Phi) is 6.25. The van der Waals surface area contributed by atoms with Gasteiger partial charge in [0.05, 0.1) is 0 Å². The average molecular weight is 288 g/mol. The fraction of sp³-hybridized carbons (Fsp3) is 0.529. The van der Waals surface area contributed by atoms with Crippen LogP contribution in [0, 0.1) is 0 Å². The summed E-state index contributed by atoms with van der Waals surface area (Å²) in [4.78, 5) is 23.6. The lowest BCUT2D eigenvalue weighted by molar-refractivity contribution is -0.129. The van der Waals surface area contributed by atoms with E-state index in [4.69, 9.17) is 0 Å². The van der Waals surface area contributed by atoms with Crippen LogP contribution in [0.15, 0.2) is 30.3 Å². The first-order chi connectivity index (χ1) is 10.2. The van der Waals surface area contributed by atoms with Crippen molar-refractivity contribution >= 4 is 11.8 Å². The van der Waals surface area contributed by atoms with Gasteiger partial charge in [-0.05, 0) is 18.4 Å². The van der Waals surface area contributed by atoms with E-state index in [9.17, 15) is 9.59 Å². The van der Waals surface area contributed by atoms with Gasteiger partial charge in [0.2, 0.25) is 11.8 Å². The third kappa shape index (κ3) is 5.98. The summed E-state index contributed by atoms with van der Waals surface area (Å²) in [5.41, 5.74) is 1.04. The maximum atomic E-state index is 11.9. The Hall–Kier alpha value is -1.84. The summed E-state index contributed by atoms with van der Waals surface area (Å²) in [7, 11) is 0. The highest BCUT2D eigenvalue weighted by atomic mass is 16.2. The maximum Gasteiger partial charge on any atom is 0.229 e. The third-order valence-electron chi connectivity index (χ3n) is 3.87. The molecule has 4 nitrogen and oxygen atoms in total. The van der Waals surface area contributed by atoms with Gasteiger partial charge < -0.3 is 10.6 Å². The SMILES string of the molecule is O=C(CC(=O)NC1CCCCCC1)NCc1ccccc1. The molecule has 2 rings (SSSR count). The summed E-state index contributed by atoms with van der Waals surface area (Å²) in [6.07, 6.45) is 6.85. The van der Waals surface area contributed by atoms with Gasteiger partial charge in [-0.25, -0.2) is 0 Å². The zero-order valence-corrected chi connectivity index (χ0v) is 12.4. The molecule has 0 bridgehead atoms. The van der Waals surface area contributed by atoms with Gasteiger partial charge in [0.25, 0.3) is 0 Å². The number of benzene rings is 1. The molecule has 0 heterocycles. The van der Waals surface area contributed by atoms with E-state index >= 15 is 0 Å². The van der Waals surface area contributed by atoms with Crippen molar-refractivity contribution < 1.29 is 9.59 Å². The van der Waals surface area contributed by atoms with Crippen molar-refractivity contribution in [2.45, 2.75) is 57.5 Å². The monoisotopic (exact) mass is 288 g/mol. The second kappa shape index (κ2) is 8.45. The molecule has 1 aliphatic rings. The van der Waals surface area contributed by atoms with Crippen molar-refractivity contribution in [3.8, 4) is 0 Å². The smallest absolute Gasteiger partial charge is 0.229 e. The number of rotatable bonds is 5. The lowest BCUT2D eigenvalue weighted by Crippen LogP contribution is -2.37. The van der Waals surface area contributed by atoms with Gasteiger partial charge in [-0.15, -0.1) is 0 Å². The molecule has 0 aliphatic heterocycles. The fourth-order valence-corrected chi connectivity index (χ4v) is 2.71. The minimum absolute atomic E-state index is 0.0800. The average Bonchev–Trinajstić information content (AvgIpc) is 2.75. The van der Waals surface area contributed by atoms with Crippen LogP contribution >= 0.6 is 0 Å². The van der Waals surface area contributed by atoms with Crippen LogP contribution in [0.3, 0.4) is 0 Å². The Morgan fingerprint density at radius 2 is 1.62 bits per heavy atom. The van der Waals surface area contributed by atoms with Gasteiger partial charge in [-0.3, -0.25) is 9.59 Å². The Bertz CT molecular complexity index is 451. The molecular weight excluding hydrogens is 264 g/mol. The van der Waals surface area contributed by atoms with Gasteiger partial charge in [0.1, 0.15) is 6.42 Å². The molecule has 0 aromatic heterocycles. The van der Waals surface area contributed by atoms with Gasteiger partial charge >= 0.3 is 0 Å². The maximum absolute atomic E-state index is 11.9. The molecule has 0 atom stereocenters. The number of nitrogens with one attached hydrogen (secondary N) is 2. The summed E-state index contributed by atoms with van der Waals surface area (Å²) < 4.78 is 0. The number of carbonyl (C=O) groups excluding carboxylic acids is 2. The van der Waals surface area contributed by atoms with Crippen molar-refractivity contribution in [3.05, 3.63) is 35.9 Å². The molecule has 1 aromatic carbocycles. The molecule has 2 N–H and O–H groups in total. The van der Waals surface area contributed by atoms with E-state index in [1.807, 2.05) is 30.3 Å². The molecule has 0 unspecified atom stereocenters. The largest absolute Gasteiger partial charge is 0.353 e. The van der Waals surface area contributed by atoms with Crippen molar-refractivity contribution in [2.75, 3.05) is 0 Å². The van der Waals surface area contributed by atoms with E-state index in [0.717, 1.165) is 18.4 Å². The first-order valence-corrected chi connectivity index (χ1v) is 7.84. The third-order valence-corrected chi connectivity index (χ3v) is 3.87. The highest BCUT2D eigenvalue weighted by molar-refractivity contribution is 5.96. The molecule has 1 aromatic rings. The topological polar surface area (TPSA) is 58.2 Å². The van der Waals surface area contributed by atoms with E-state index in [-0.39, 0.29) is 24.3 Å². The lowest BCUT2D eigenvalue weighted by atomic mass is 10.1. The fourth-order valence-electron chi connectivity index (χ4n) is 2.71. The molecule has 1 aliphatic carbocycles. The molecule has 0 radical (unpaired) electrons. The number of hydrogen-bond acceptors (Lipinski definition) is 2. The van der Waals surface area contributed by atoms with Crippen molar-refractivity contribution in [1.82, 2.24) is 10.6 Å². The van der Waals surface area contributed by atoms with Crippen LogP contribution in [0.1, 0.15) is 50.5 Å². The van der Waals surface area contributed by atoms with Gasteiger partial charge in [0.15, 0.2) is 0 Å². The van der Waals surface area contributed by atoms with E-state index < -0.39 is 0 Å². The van der Waals surface area contributed by atoms with Crippen LogP contribution in [0.2, 0.25) is 0 Å². The van der Waals surface area contributed by atoms with Crippen molar-refractivity contribution in [2.24, 2.45) is 0 Å². The normalized spacial score (nSPS) is 16.0. The van der Waals surface area contributed by atoms with E-state index in [2.05, 4.69) is 10.6 Å². The van der Waals surface area contributed by atoms with E-state index in [0.29, 0.717) is 6.54 Å². The van der Waals surface area contributed by atoms with Crippen LogP contribution in [-0.4, -0.2) is 17.9 Å². The number of amides is 2. The summed E-state index contributed by atoms with van der Waals surface area (Å²) >= 11 is 0. The quantitative estimate of drug-likeness (QED) is 0.646. The summed E-state index contributed by atoms with van der Waals surface area (Å²) in [6, 6.07) is 9.95. The predicted octanol–water partition coefficient (Wildman–Crippen LogP) is 2.53. The first kappa shape index (κ1) is 15.5. The van der Waals surface area contributed by atoms with Crippen LogP contribution in [0.5, 0.6) is 0 Å². The summed E-state index contributed by atoms with van der Waals surface area (Å²) in [5.74, 6) is -0.377. The van der Waals surface area contributed by atoms with E-state index in [1.165, 1.54) is 25.7 Å². The molecule has 1 saturated carbocycles. The predicted molar refractivity (Wildman–Crippen MR) is 82.5 cm³/mol. The molecule has 1 fully saturated rings. The lowest BCUT2D eigenvalue weighted by Gasteiger charge is -2.16.